The lowest BCUT2D eigenvalue weighted by molar-refractivity contribution is 0.483. The zero-order valence-electron chi connectivity index (χ0n) is 11.1. The Bertz CT molecular complexity index is 545. The minimum absolute atomic E-state index is 0.558. The molecule has 0 spiro atoms. The largest absolute Gasteiger partial charge is 0.383 e. The van der Waals surface area contributed by atoms with Gasteiger partial charge in [0.15, 0.2) is 5.65 Å². The van der Waals surface area contributed by atoms with Gasteiger partial charge in [-0.2, -0.15) is 10.2 Å². The molecule has 2 aromatic heterocycles. The maximum absolute atomic E-state index is 6.02. The number of nitrogens with two attached hydrogens (primary N) is 1. The number of rotatable bonds is 3. The van der Waals surface area contributed by atoms with Crippen LogP contribution in [-0.2, 0) is 6.54 Å². The van der Waals surface area contributed by atoms with Crippen LogP contribution in [-0.4, -0.2) is 20.0 Å². The molecule has 2 heterocycles. The van der Waals surface area contributed by atoms with Crippen molar-refractivity contribution in [2.24, 2.45) is 5.92 Å². The number of aromatic amines is 1. The number of anilines is 1. The number of fused-ring (bicyclic) bond motifs is 1. The monoisotopic (exact) mass is 247 g/mol. The van der Waals surface area contributed by atoms with Crippen molar-refractivity contribution in [1.82, 2.24) is 20.0 Å². The molecular weight excluding hydrogens is 226 g/mol. The Balaban J connectivity index is 2.09. The van der Waals surface area contributed by atoms with Crippen LogP contribution < -0.4 is 5.73 Å². The van der Waals surface area contributed by atoms with E-state index >= 15 is 0 Å². The Labute approximate surface area is 107 Å². The standard InChI is InChI=1S/C13H21N5/c1-8(2)7-18-13-10(12(14)15-16-13)11(17-18)9-5-3-4-6-9/h8-9H,3-7H2,1-2H3,(H3,14,15,16). The molecule has 0 radical (unpaired) electrons. The number of H-pyrrole nitrogens is 1. The Morgan fingerprint density at radius 2 is 2.11 bits per heavy atom. The highest BCUT2D eigenvalue weighted by Crippen LogP contribution is 2.38. The quantitative estimate of drug-likeness (QED) is 0.875. The first-order valence-electron chi connectivity index (χ1n) is 6.87. The Morgan fingerprint density at radius 1 is 1.39 bits per heavy atom. The predicted octanol–water partition coefficient (Wildman–Crippen LogP) is 2.66. The molecule has 1 saturated carbocycles. The Kier molecular flexibility index (Phi) is 2.76. The van der Waals surface area contributed by atoms with Crippen LogP contribution in [0.4, 0.5) is 5.82 Å². The Hall–Kier alpha value is -1.52. The van der Waals surface area contributed by atoms with Crippen molar-refractivity contribution in [3.8, 4) is 0 Å². The van der Waals surface area contributed by atoms with Gasteiger partial charge in [0, 0.05) is 12.5 Å². The summed E-state index contributed by atoms with van der Waals surface area (Å²) in [6.45, 7) is 5.28. The van der Waals surface area contributed by atoms with Gasteiger partial charge in [-0.25, -0.2) is 4.68 Å². The molecule has 0 bridgehead atoms. The van der Waals surface area contributed by atoms with Gasteiger partial charge in [-0.05, 0) is 18.8 Å². The normalized spacial score (nSPS) is 17.3. The fourth-order valence-corrected chi connectivity index (χ4v) is 2.97. The fourth-order valence-electron chi connectivity index (χ4n) is 2.97. The molecule has 0 aromatic carbocycles. The predicted molar refractivity (Wildman–Crippen MR) is 72.3 cm³/mol. The molecule has 98 valence electrons. The van der Waals surface area contributed by atoms with Crippen LogP contribution in [0.2, 0.25) is 0 Å². The SMILES string of the molecule is CC(C)Cn1nc(C2CCCC2)c2c(N)[nH]nc21. The van der Waals surface area contributed by atoms with E-state index in [0.717, 1.165) is 23.3 Å². The molecule has 2 aromatic rings. The first kappa shape index (κ1) is 11.6. The first-order valence-corrected chi connectivity index (χ1v) is 6.87. The van der Waals surface area contributed by atoms with Crippen molar-refractivity contribution in [2.45, 2.75) is 52.0 Å². The lowest BCUT2D eigenvalue weighted by atomic mass is 10.0. The number of nitrogen functional groups attached to an aromatic ring is 1. The minimum Gasteiger partial charge on any atom is -0.383 e. The summed E-state index contributed by atoms with van der Waals surface area (Å²) < 4.78 is 2.01. The van der Waals surface area contributed by atoms with E-state index in [4.69, 9.17) is 10.8 Å². The van der Waals surface area contributed by atoms with E-state index in [1.165, 1.54) is 25.7 Å². The molecule has 1 aliphatic carbocycles. The van der Waals surface area contributed by atoms with Crippen LogP contribution in [0, 0.1) is 5.92 Å². The summed E-state index contributed by atoms with van der Waals surface area (Å²) in [7, 11) is 0. The highest BCUT2D eigenvalue weighted by Gasteiger charge is 2.26. The average Bonchev–Trinajstić information content (AvgIpc) is 2.98. The zero-order chi connectivity index (χ0) is 12.7. The number of nitrogens with zero attached hydrogens (tertiary/aromatic N) is 3. The van der Waals surface area contributed by atoms with Crippen molar-refractivity contribution in [1.29, 1.82) is 0 Å². The summed E-state index contributed by atoms with van der Waals surface area (Å²) in [5.41, 5.74) is 8.10. The van der Waals surface area contributed by atoms with Crippen molar-refractivity contribution >= 4 is 16.9 Å². The van der Waals surface area contributed by atoms with E-state index in [2.05, 4.69) is 24.0 Å². The highest BCUT2D eigenvalue weighted by molar-refractivity contribution is 5.89. The van der Waals surface area contributed by atoms with Crippen molar-refractivity contribution in [2.75, 3.05) is 5.73 Å². The van der Waals surface area contributed by atoms with Crippen LogP contribution in [0.1, 0.15) is 51.1 Å². The lowest BCUT2D eigenvalue weighted by Crippen LogP contribution is -2.07. The number of hydrogen-bond donors (Lipinski definition) is 2. The molecule has 5 heteroatoms. The molecule has 5 nitrogen and oxygen atoms in total. The fraction of sp³-hybridized carbons (Fsp3) is 0.692. The van der Waals surface area contributed by atoms with Crippen LogP contribution in [0.5, 0.6) is 0 Å². The zero-order valence-corrected chi connectivity index (χ0v) is 11.1. The molecule has 18 heavy (non-hydrogen) atoms. The van der Waals surface area contributed by atoms with Gasteiger partial charge < -0.3 is 5.73 Å². The summed E-state index contributed by atoms with van der Waals surface area (Å²) in [6.07, 6.45) is 5.08. The molecule has 3 N–H and O–H groups in total. The molecule has 1 fully saturated rings. The average molecular weight is 247 g/mol. The van der Waals surface area contributed by atoms with Crippen molar-refractivity contribution < 1.29 is 0 Å². The lowest BCUT2D eigenvalue weighted by Gasteiger charge is -2.07. The van der Waals surface area contributed by atoms with E-state index in [0.29, 0.717) is 17.7 Å². The second-order valence-corrected chi connectivity index (χ2v) is 5.78. The molecule has 0 unspecified atom stereocenters. The van der Waals surface area contributed by atoms with Gasteiger partial charge in [-0.3, -0.25) is 5.10 Å². The first-order chi connectivity index (χ1) is 8.66. The van der Waals surface area contributed by atoms with E-state index in [-0.39, 0.29) is 0 Å². The van der Waals surface area contributed by atoms with Gasteiger partial charge in [0.25, 0.3) is 0 Å². The van der Waals surface area contributed by atoms with Crippen molar-refractivity contribution in [3.05, 3.63) is 5.69 Å². The highest BCUT2D eigenvalue weighted by atomic mass is 15.3. The van der Waals surface area contributed by atoms with E-state index in [9.17, 15) is 0 Å². The van der Waals surface area contributed by atoms with Gasteiger partial charge in [-0.15, -0.1) is 0 Å². The summed E-state index contributed by atoms with van der Waals surface area (Å²) in [6, 6.07) is 0. The third-order valence-corrected chi connectivity index (χ3v) is 3.78. The second-order valence-electron chi connectivity index (χ2n) is 5.78. The van der Waals surface area contributed by atoms with Gasteiger partial charge in [0.1, 0.15) is 5.82 Å². The summed E-state index contributed by atoms with van der Waals surface area (Å²) in [5.74, 6) is 1.80. The number of nitrogens with one attached hydrogen (secondary N) is 1. The van der Waals surface area contributed by atoms with Gasteiger partial charge in [0.2, 0.25) is 0 Å². The molecule has 3 rings (SSSR count). The van der Waals surface area contributed by atoms with Crippen LogP contribution >= 0.6 is 0 Å². The minimum atomic E-state index is 0.558. The smallest absolute Gasteiger partial charge is 0.182 e. The summed E-state index contributed by atoms with van der Waals surface area (Å²) in [4.78, 5) is 0. The third kappa shape index (κ3) is 1.78. The van der Waals surface area contributed by atoms with Gasteiger partial charge in [-0.1, -0.05) is 26.7 Å². The van der Waals surface area contributed by atoms with Crippen LogP contribution in [0.3, 0.4) is 0 Å². The molecule has 0 aliphatic heterocycles. The molecule has 1 aliphatic rings. The van der Waals surface area contributed by atoms with Crippen molar-refractivity contribution in [3.63, 3.8) is 0 Å². The maximum atomic E-state index is 6.02. The van der Waals surface area contributed by atoms with Gasteiger partial charge in [0.05, 0.1) is 11.1 Å². The summed E-state index contributed by atoms with van der Waals surface area (Å²) in [5, 5.41) is 13.1. The molecule has 0 atom stereocenters. The maximum Gasteiger partial charge on any atom is 0.182 e. The van der Waals surface area contributed by atoms with Crippen LogP contribution in [0.25, 0.3) is 11.0 Å². The topological polar surface area (TPSA) is 72.5 Å². The van der Waals surface area contributed by atoms with E-state index in [1.54, 1.807) is 0 Å². The summed E-state index contributed by atoms with van der Waals surface area (Å²) >= 11 is 0. The molecule has 0 saturated heterocycles. The number of aromatic nitrogens is 4. The van der Waals surface area contributed by atoms with Gasteiger partial charge >= 0.3 is 0 Å². The van der Waals surface area contributed by atoms with E-state index in [1.807, 2.05) is 4.68 Å². The van der Waals surface area contributed by atoms with E-state index < -0.39 is 0 Å². The molecular formula is C13H21N5. The Morgan fingerprint density at radius 3 is 2.78 bits per heavy atom. The number of hydrogen-bond acceptors (Lipinski definition) is 3. The third-order valence-electron chi connectivity index (χ3n) is 3.78. The second kappa shape index (κ2) is 4.30. The molecule has 0 amide bonds. The van der Waals surface area contributed by atoms with Crippen LogP contribution in [0.15, 0.2) is 0 Å².